The van der Waals surface area contributed by atoms with Crippen LogP contribution in [0.3, 0.4) is 0 Å². The molecule has 0 unspecified atom stereocenters. The molecule has 64 heavy (non-hydrogen) atoms. The normalized spacial score (nSPS) is 14.9. The summed E-state index contributed by atoms with van der Waals surface area (Å²) in [5.41, 5.74) is 20.9. The number of benzene rings is 6. The summed E-state index contributed by atoms with van der Waals surface area (Å²) in [5, 5.41) is 29.4. The summed E-state index contributed by atoms with van der Waals surface area (Å²) >= 11 is 0. The molecular weight excluding hydrogens is 998 g/mol. The van der Waals surface area contributed by atoms with Crippen molar-refractivity contribution < 1.29 is 70.3 Å². The van der Waals surface area contributed by atoms with E-state index >= 15 is 0 Å². The molecule has 0 fully saturated rings. The average Bonchev–Trinajstić information content (AvgIpc) is 3.29. The van der Waals surface area contributed by atoms with E-state index in [0.717, 1.165) is 84.7 Å². The molecule has 4 nitrogen and oxygen atoms in total. The monoisotopic (exact) mass is 1060 g/mol. The van der Waals surface area contributed by atoms with Crippen molar-refractivity contribution in [2.75, 3.05) is 13.2 Å². The van der Waals surface area contributed by atoms with Crippen LogP contribution in [0.15, 0.2) is 84.9 Å². The Kier molecular flexibility index (Phi) is 15.8. The van der Waals surface area contributed by atoms with Crippen molar-refractivity contribution in [1.82, 2.24) is 0 Å². The van der Waals surface area contributed by atoms with Crippen molar-refractivity contribution in [3.05, 3.63) is 141 Å². The molecule has 0 saturated carbocycles. The SMILES string of the molecule is Cc1cc(-c2ccccc2OCCCOc2ccccc2-c2cc(C)cc(-c3c4c(cc5c3CCCC5)CCCC4)c2[O-])c([O-])c(-c2c3c(cc4c2CCCC4)CCCC3)c1.[Cl-].[Cl-].[Hf+4]. The van der Waals surface area contributed by atoms with Gasteiger partial charge >= 0.3 is 25.8 Å². The van der Waals surface area contributed by atoms with Gasteiger partial charge in [0.05, 0.1) is 13.2 Å². The Balaban J connectivity index is 0.00000204. The fourth-order valence-electron chi connectivity index (χ4n) is 11.3. The molecule has 4 aliphatic rings. The van der Waals surface area contributed by atoms with E-state index in [2.05, 4.69) is 38.1 Å². The quantitative estimate of drug-likeness (QED) is 0.117. The molecular formula is C57H58Cl2HfO4. The third-order valence-corrected chi connectivity index (χ3v) is 14.1. The Hall–Kier alpha value is -4.03. The van der Waals surface area contributed by atoms with E-state index in [-0.39, 0.29) is 62.2 Å². The van der Waals surface area contributed by atoms with Crippen LogP contribution in [0.2, 0.25) is 0 Å². The zero-order valence-corrected chi connectivity index (χ0v) is 42.5. The number of hydrogen-bond donors (Lipinski definition) is 0. The Morgan fingerprint density at radius 1 is 0.406 bits per heavy atom. The van der Waals surface area contributed by atoms with E-state index in [4.69, 9.17) is 9.47 Å². The molecule has 0 amide bonds. The van der Waals surface area contributed by atoms with Crippen LogP contribution >= 0.6 is 0 Å². The van der Waals surface area contributed by atoms with Gasteiger partial charge in [-0.2, -0.15) is 0 Å². The van der Waals surface area contributed by atoms with Gasteiger partial charge in [0.15, 0.2) is 0 Å². The van der Waals surface area contributed by atoms with Crippen molar-refractivity contribution in [1.29, 1.82) is 0 Å². The van der Waals surface area contributed by atoms with Crippen LogP contribution in [-0.4, -0.2) is 13.2 Å². The van der Waals surface area contributed by atoms with Gasteiger partial charge in [0.25, 0.3) is 0 Å². The predicted octanol–water partition coefficient (Wildman–Crippen LogP) is 6.49. The second-order valence-electron chi connectivity index (χ2n) is 18.3. The number of ether oxygens (including phenoxy) is 2. The molecule has 0 aromatic heterocycles. The first-order chi connectivity index (χ1) is 29.9. The van der Waals surface area contributed by atoms with E-state index in [0.29, 0.717) is 42.3 Å². The Bertz CT molecular complexity index is 2400. The standard InChI is InChI=1S/C57H60O4.2ClH.Hf/c1-36-30-48(56(58)50(32-36)54-42-20-7-3-16-38(42)34-39-17-4-8-21-43(39)54)46-24-11-13-26-52(46)60-28-15-29-61-53-27-14-12-25-47(53)49-31-37(2)33-51(57(49)59)55-44-22-9-5-18-40(44)35-41-19-6-10-23-45(41)55;;;/h11-14,24-27,30-35,58-59H,3-10,15-23,28-29H2,1-2H3;2*1H;/q;;;+4/p-4. The minimum atomic E-state index is 0. The number of halogens is 2. The van der Waals surface area contributed by atoms with E-state index < -0.39 is 0 Å². The average molecular weight is 1060 g/mol. The summed E-state index contributed by atoms with van der Waals surface area (Å²) in [5.74, 6) is 1.61. The van der Waals surface area contributed by atoms with Gasteiger partial charge in [-0.05, 0) is 218 Å². The fraction of sp³-hybridized carbons (Fsp3) is 0.368. The number of para-hydroxylation sites is 2. The van der Waals surface area contributed by atoms with Crippen molar-refractivity contribution in [2.24, 2.45) is 0 Å². The summed E-state index contributed by atoms with van der Waals surface area (Å²) in [6, 6.07) is 29.3. The molecule has 7 heteroatoms. The maximum Gasteiger partial charge on any atom is 4.00 e. The molecule has 0 aliphatic heterocycles. The first-order valence-electron chi connectivity index (χ1n) is 23.3. The molecule has 0 saturated heterocycles. The zero-order valence-electron chi connectivity index (χ0n) is 37.4. The summed E-state index contributed by atoms with van der Waals surface area (Å²) in [4.78, 5) is 0. The fourth-order valence-corrected chi connectivity index (χ4v) is 11.3. The Labute approximate surface area is 411 Å². The molecule has 6 aromatic carbocycles. The molecule has 6 aromatic rings. The third kappa shape index (κ3) is 9.33. The second-order valence-corrected chi connectivity index (χ2v) is 18.3. The Morgan fingerprint density at radius 2 is 0.719 bits per heavy atom. The number of hydrogen-bond acceptors (Lipinski definition) is 4. The van der Waals surface area contributed by atoms with Gasteiger partial charge in [-0.15, -0.1) is 0 Å². The molecule has 0 spiro atoms. The molecule has 0 bridgehead atoms. The van der Waals surface area contributed by atoms with Crippen LogP contribution in [0.25, 0.3) is 44.5 Å². The van der Waals surface area contributed by atoms with Gasteiger partial charge in [-0.3, -0.25) is 0 Å². The topological polar surface area (TPSA) is 64.6 Å². The smallest absolute Gasteiger partial charge is 1.00 e. The van der Waals surface area contributed by atoms with Crippen LogP contribution in [-0.2, 0) is 77.2 Å². The van der Waals surface area contributed by atoms with Crippen LogP contribution < -0.4 is 44.5 Å². The first kappa shape index (κ1) is 47.9. The minimum absolute atomic E-state index is 0. The van der Waals surface area contributed by atoms with Crippen LogP contribution in [0.4, 0.5) is 0 Å². The van der Waals surface area contributed by atoms with Gasteiger partial charge < -0.3 is 44.5 Å². The van der Waals surface area contributed by atoms with Crippen LogP contribution in [0.1, 0.15) is 113 Å². The summed E-state index contributed by atoms with van der Waals surface area (Å²) in [6.45, 7) is 5.08. The van der Waals surface area contributed by atoms with Gasteiger partial charge in [0.2, 0.25) is 0 Å². The van der Waals surface area contributed by atoms with Crippen molar-refractivity contribution >= 4 is 0 Å². The van der Waals surface area contributed by atoms with E-state index in [1.807, 2.05) is 60.7 Å². The number of aryl methyl sites for hydroxylation is 6. The minimum Gasteiger partial charge on any atom is -1.00 e. The van der Waals surface area contributed by atoms with Gasteiger partial charge in [0, 0.05) is 17.5 Å². The zero-order chi connectivity index (χ0) is 41.5. The van der Waals surface area contributed by atoms with Crippen molar-refractivity contribution in [3.8, 4) is 67.5 Å². The number of rotatable bonds is 10. The first-order valence-corrected chi connectivity index (χ1v) is 23.3. The molecule has 10 rings (SSSR count). The molecule has 0 N–H and O–H groups in total. The molecule has 0 atom stereocenters. The molecule has 0 heterocycles. The van der Waals surface area contributed by atoms with E-state index in [1.54, 1.807) is 0 Å². The predicted molar refractivity (Wildman–Crippen MR) is 245 cm³/mol. The third-order valence-electron chi connectivity index (χ3n) is 14.1. The van der Waals surface area contributed by atoms with Crippen LogP contribution in [0, 0.1) is 13.8 Å². The van der Waals surface area contributed by atoms with Gasteiger partial charge in [-0.25, -0.2) is 0 Å². The summed E-state index contributed by atoms with van der Waals surface area (Å²) in [6.07, 6.45) is 18.9. The van der Waals surface area contributed by atoms with E-state index in [1.165, 1.54) is 107 Å². The molecule has 4 aliphatic carbocycles. The maximum absolute atomic E-state index is 14.7. The molecule has 328 valence electrons. The van der Waals surface area contributed by atoms with E-state index in [9.17, 15) is 10.2 Å². The van der Waals surface area contributed by atoms with Crippen LogP contribution in [0.5, 0.6) is 23.0 Å². The largest absolute Gasteiger partial charge is 4.00 e. The van der Waals surface area contributed by atoms with Crippen molar-refractivity contribution in [2.45, 2.75) is 123 Å². The molecule has 0 radical (unpaired) electrons. The summed E-state index contributed by atoms with van der Waals surface area (Å²) < 4.78 is 13.0. The maximum atomic E-state index is 14.7. The Morgan fingerprint density at radius 3 is 1.08 bits per heavy atom. The summed E-state index contributed by atoms with van der Waals surface area (Å²) in [7, 11) is 0. The van der Waals surface area contributed by atoms with Gasteiger partial charge in [-0.1, -0.05) is 84.3 Å². The van der Waals surface area contributed by atoms with Gasteiger partial charge in [0.1, 0.15) is 11.5 Å². The van der Waals surface area contributed by atoms with Crippen molar-refractivity contribution in [3.63, 3.8) is 0 Å². The second kappa shape index (κ2) is 21.1. The number of fused-ring (bicyclic) bond motifs is 4.